The molecule has 29 heavy (non-hydrogen) atoms. The Morgan fingerprint density at radius 2 is 2.10 bits per heavy atom. The van der Waals surface area contributed by atoms with E-state index in [0.717, 1.165) is 16.3 Å². The van der Waals surface area contributed by atoms with Crippen LogP contribution in [0.25, 0.3) is 11.3 Å². The van der Waals surface area contributed by atoms with E-state index in [0.29, 0.717) is 22.1 Å². The molecule has 6 nitrogen and oxygen atoms in total. The van der Waals surface area contributed by atoms with Gasteiger partial charge in [-0.15, -0.1) is 11.3 Å². The Bertz CT molecular complexity index is 1100. The number of nitrogens with zero attached hydrogens (tertiary/aromatic N) is 2. The molecular formula is C21H18ClN3O3S. The topological polar surface area (TPSA) is 71.5 Å². The van der Waals surface area contributed by atoms with Crippen LogP contribution in [0.2, 0.25) is 5.02 Å². The minimum absolute atomic E-state index is 0.119. The lowest BCUT2D eigenvalue weighted by atomic mass is 10.1. The molecule has 0 saturated carbocycles. The normalized spacial score (nSPS) is 14.2. The predicted octanol–water partition coefficient (Wildman–Crippen LogP) is 4.52. The van der Waals surface area contributed by atoms with E-state index in [1.165, 1.54) is 4.90 Å². The van der Waals surface area contributed by atoms with Gasteiger partial charge in [-0.2, -0.15) is 0 Å². The molecule has 2 heterocycles. The van der Waals surface area contributed by atoms with E-state index >= 15 is 0 Å². The molecule has 1 unspecified atom stereocenters. The van der Waals surface area contributed by atoms with Crippen LogP contribution in [0.3, 0.4) is 0 Å². The average Bonchev–Trinajstić information content (AvgIpc) is 3.15. The number of hydrogen-bond donors (Lipinski definition) is 1. The number of amides is 2. The quantitative estimate of drug-likeness (QED) is 0.664. The summed E-state index contributed by atoms with van der Waals surface area (Å²) in [5.74, 6) is -0.0715. The fourth-order valence-electron chi connectivity index (χ4n) is 3.17. The predicted molar refractivity (Wildman–Crippen MR) is 115 cm³/mol. The summed E-state index contributed by atoms with van der Waals surface area (Å²) < 4.78 is 5.57. The van der Waals surface area contributed by atoms with Crippen LogP contribution in [-0.2, 0) is 9.59 Å². The molecule has 3 aromatic rings. The van der Waals surface area contributed by atoms with Crippen molar-refractivity contribution in [2.24, 2.45) is 0 Å². The highest BCUT2D eigenvalue weighted by Gasteiger charge is 2.33. The van der Waals surface area contributed by atoms with Gasteiger partial charge in [-0.05, 0) is 44.2 Å². The van der Waals surface area contributed by atoms with Crippen LogP contribution in [0.4, 0.5) is 11.4 Å². The van der Waals surface area contributed by atoms with E-state index in [1.807, 2.05) is 24.4 Å². The zero-order chi connectivity index (χ0) is 20.5. The first-order chi connectivity index (χ1) is 13.9. The molecule has 0 radical (unpaired) electrons. The summed E-state index contributed by atoms with van der Waals surface area (Å²) in [6.45, 7) is 3.50. The van der Waals surface area contributed by atoms with Crippen molar-refractivity contribution in [3.05, 3.63) is 57.9 Å². The van der Waals surface area contributed by atoms with Gasteiger partial charge in [-0.1, -0.05) is 23.7 Å². The van der Waals surface area contributed by atoms with E-state index < -0.39 is 6.04 Å². The first kappa shape index (κ1) is 19.4. The summed E-state index contributed by atoms with van der Waals surface area (Å²) in [5, 5.41) is 6.14. The van der Waals surface area contributed by atoms with Crippen molar-refractivity contribution < 1.29 is 14.3 Å². The summed E-state index contributed by atoms with van der Waals surface area (Å²) in [6.07, 6.45) is 0. The van der Waals surface area contributed by atoms with E-state index in [1.54, 1.807) is 48.6 Å². The number of rotatable bonds is 4. The Labute approximate surface area is 177 Å². The van der Waals surface area contributed by atoms with Gasteiger partial charge in [0.1, 0.15) is 11.8 Å². The maximum atomic E-state index is 12.9. The number of aromatic nitrogens is 1. The second-order valence-corrected chi connectivity index (χ2v) is 8.10. The van der Waals surface area contributed by atoms with Gasteiger partial charge in [0, 0.05) is 10.9 Å². The molecule has 148 valence electrons. The maximum Gasteiger partial charge on any atom is 0.265 e. The average molecular weight is 428 g/mol. The molecule has 1 aromatic heterocycles. The molecule has 2 amide bonds. The van der Waals surface area contributed by atoms with Crippen molar-refractivity contribution in [3.8, 4) is 17.0 Å². The van der Waals surface area contributed by atoms with E-state index in [4.69, 9.17) is 16.3 Å². The van der Waals surface area contributed by atoms with Crippen molar-refractivity contribution >= 4 is 46.1 Å². The summed E-state index contributed by atoms with van der Waals surface area (Å²) in [6, 6.07) is 11.7. The SMILES string of the molecule is Cc1nc(-c2ccc3c(c2)N(C(C)C(=O)Nc2ccccc2Cl)C(=O)CO3)cs1. The maximum absolute atomic E-state index is 12.9. The molecule has 4 rings (SSSR count). The first-order valence-corrected chi connectivity index (χ1v) is 10.3. The minimum Gasteiger partial charge on any atom is -0.482 e. The van der Waals surface area contributed by atoms with Crippen molar-refractivity contribution in [2.45, 2.75) is 19.9 Å². The van der Waals surface area contributed by atoms with Crippen LogP contribution in [0.15, 0.2) is 47.8 Å². The van der Waals surface area contributed by atoms with Gasteiger partial charge in [-0.25, -0.2) is 4.98 Å². The van der Waals surface area contributed by atoms with E-state index in [2.05, 4.69) is 10.3 Å². The highest BCUT2D eigenvalue weighted by Crippen LogP contribution is 2.37. The van der Waals surface area contributed by atoms with Crippen LogP contribution in [0.1, 0.15) is 11.9 Å². The molecule has 0 bridgehead atoms. The van der Waals surface area contributed by atoms with Crippen LogP contribution in [-0.4, -0.2) is 29.4 Å². The van der Waals surface area contributed by atoms with Gasteiger partial charge in [-0.3, -0.25) is 14.5 Å². The first-order valence-electron chi connectivity index (χ1n) is 9.01. The number of anilines is 2. The molecule has 1 N–H and O–H groups in total. The van der Waals surface area contributed by atoms with Crippen molar-refractivity contribution in [3.63, 3.8) is 0 Å². The van der Waals surface area contributed by atoms with Gasteiger partial charge in [0.25, 0.3) is 5.91 Å². The van der Waals surface area contributed by atoms with Gasteiger partial charge in [0.15, 0.2) is 6.61 Å². The third-order valence-corrected chi connectivity index (χ3v) is 5.75. The van der Waals surface area contributed by atoms with Gasteiger partial charge in [0.2, 0.25) is 5.91 Å². The Morgan fingerprint density at radius 1 is 1.31 bits per heavy atom. The third-order valence-electron chi connectivity index (χ3n) is 4.65. The third kappa shape index (κ3) is 3.83. The number of thiazole rings is 1. The molecule has 1 aliphatic heterocycles. The van der Waals surface area contributed by atoms with Crippen molar-refractivity contribution in [2.75, 3.05) is 16.8 Å². The lowest BCUT2D eigenvalue weighted by Crippen LogP contribution is -2.49. The number of para-hydroxylation sites is 1. The fraction of sp³-hybridized carbons (Fsp3) is 0.190. The molecular weight excluding hydrogens is 410 g/mol. The number of carbonyl (C=O) groups excluding carboxylic acids is 2. The number of nitrogens with one attached hydrogen (secondary N) is 1. The molecule has 8 heteroatoms. The second kappa shape index (κ2) is 7.85. The van der Waals surface area contributed by atoms with Crippen LogP contribution < -0.4 is 15.0 Å². The van der Waals surface area contributed by atoms with Crippen LogP contribution >= 0.6 is 22.9 Å². The Morgan fingerprint density at radius 3 is 2.83 bits per heavy atom. The number of aryl methyl sites for hydroxylation is 1. The number of hydrogen-bond acceptors (Lipinski definition) is 5. The van der Waals surface area contributed by atoms with E-state index in [9.17, 15) is 9.59 Å². The zero-order valence-electron chi connectivity index (χ0n) is 15.8. The molecule has 0 fully saturated rings. The minimum atomic E-state index is -0.756. The van der Waals surface area contributed by atoms with E-state index in [-0.39, 0.29) is 18.4 Å². The number of fused-ring (bicyclic) bond motifs is 1. The largest absolute Gasteiger partial charge is 0.482 e. The van der Waals surface area contributed by atoms with Gasteiger partial charge < -0.3 is 10.1 Å². The smallest absolute Gasteiger partial charge is 0.265 e. The number of halogens is 1. The standard InChI is InChI=1S/C21H18ClN3O3S/c1-12(21(27)24-16-6-4-3-5-15(16)22)25-18-9-14(17-11-29-13(2)23-17)7-8-19(18)28-10-20(25)26/h3-9,11-12H,10H2,1-2H3,(H,24,27). The van der Waals surface area contributed by atoms with Crippen molar-refractivity contribution in [1.29, 1.82) is 0 Å². The zero-order valence-corrected chi connectivity index (χ0v) is 17.4. The summed E-state index contributed by atoms with van der Waals surface area (Å²) in [4.78, 5) is 31.5. The van der Waals surface area contributed by atoms with Gasteiger partial charge >= 0.3 is 0 Å². The van der Waals surface area contributed by atoms with Gasteiger partial charge in [0.05, 0.1) is 27.1 Å². The number of carbonyl (C=O) groups is 2. The van der Waals surface area contributed by atoms with Crippen LogP contribution in [0, 0.1) is 6.92 Å². The molecule has 0 saturated heterocycles. The summed E-state index contributed by atoms with van der Waals surface area (Å²) in [5.41, 5.74) is 2.72. The monoisotopic (exact) mass is 427 g/mol. The Balaban J connectivity index is 1.66. The molecule has 0 spiro atoms. The summed E-state index contributed by atoms with van der Waals surface area (Å²) >= 11 is 7.69. The molecule has 0 aliphatic carbocycles. The van der Waals surface area contributed by atoms with Crippen LogP contribution in [0.5, 0.6) is 5.75 Å². The Kier molecular flexibility index (Phi) is 5.25. The number of ether oxygens (including phenoxy) is 1. The Hall–Kier alpha value is -2.90. The lowest BCUT2D eigenvalue weighted by Gasteiger charge is -2.33. The van der Waals surface area contributed by atoms with Crippen molar-refractivity contribution in [1.82, 2.24) is 4.98 Å². The summed E-state index contributed by atoms with van der Waals surface area (Å²) in [7, 11) is 0. The second-order valence-electron chi connectivity index (χ2n) is 6.63. The molecule has 2 aromatic carbocycles. The highest BCUT2D eigenvalue weighted by molar-refractivity contribution is 7.09. The lowest BCUT2D eigenvalue weighted by molar-refractivity contribution is -0.125. The highest BCUT2D eigenvalue weighted by atomic mass is 35.5. The molecule has 1 aliphatic rings. The number of benzene rings is 2. The molecule has 1 atom stereocenters. The fourth-order valence-corrected chi connectivity index (χ4v) is 3.97.